The lowest BCUT2D eigenvalue weighted by molar-refractivity contribution is -0.145. The Balaban J connectivity index is 2.48. The van der Waals surface area contributed by atoms with Gasteiger partial charge in [-0.2, -0.15) is 26.3 Å². The normalized spacial score (nSPS) is 12.5. The summed E-state index contributed by atoms with van der Waals surface area (Å²) in [6.07, 6.45) is -7.43. The first kappa shape index (κ1) is 16.2. The summed E-state index contributed by atoms with van der Waals surface area (Å²) in [5.41, 5.74) is -0.895. The van der Waals surface area contributed by atoms with Crippen LogP contribution < -0.4 is 0 Å². The average Bonchev–Trinajstić information content (AvgIpc) is 2.45. The molecular formula is C13H9F6N3. The summed E-state index contributed by atoms with van der Waals surface area (Å²) in [7, 11) is 0. The van der Waals surface area contributed by atoms with Gasteiger partial charge in [-0.15, -0.1) is 0 Å². The summed E-state index contributed by atoms with van der Waals surface area (Å²) in [6.45, 7) is 1.66. The summed E-state index contributed by atoms with van der Waals surface area (Å²) in [6, 6.07) is 2.26. The lowest BCUT2D eigenvalue weighted by atomic mass is 10.1. The number of halogens is 6. The van der Waals surface area contributed by atoms with E-state index in [1.807, 2.05) is 0 Å². The molecule has 9 heteroatoms. The molecule has 0 saturated carbocycles. The fourth-order valence-corrected chi connectivity index (χ4v) is 1.69. The molecule has 0 N–H and O–H groups in total. The Morgan fingerprint density at radius 2 is 1.50 bits per heavy atom. The molecular weight excluding hydrogens is 312 g/mol. The largest absolute Gasteiger partial charge is 0.451 e. The van der Waals surface area contributed by atoms with Crippen molar-refractivity contribution >= 4 is 0 Å². The van der Waals surface area contributed by atoms with E-state index in [-0.39, 0.29) is 11.3 Å². The number of aromatic nitrogens is 3. The van der Waals surface area contributed by atoms with Crippen LogP contribution in [0.15, 0.2) is 24.5 Å². The maximum atomic E-state index is 12.8. The Morgan fingerprint density at radius 3 is 1.95 bits per heavy atom. The van der Waals surface area contributed by atoms with E-state index >= 15 is 0 Å². The Labute approximate surface area is 121 Å². The lowest BCUT2D eigenvalue weighted by Crippen LogP contribution is -2.11. The van der Waals surface area contributed by atoms with Crippen molar-refractivity contribution in [1.82, 2.24) is 15.0 Å². The highest BCUT2D eigenvalue weighted by Crippen LogP contribution is 2.31. The molecule has 0 atom stereocenters. The molecule has 0 aliphatic rings. The van der Waals surface area contributed by atoms with Crippen LogP contribution in [0.4, 0.5) is 26.3 Å². The van der Waals surface area contributed by atoms with E-state index in [9.17, 15) is 26.3 Å². The predicted molar refractivity (Wildman–Crippen MR) is 64.6 cm³/mol. The standard InChI is InChI=1S/C13H9F6N3/c1-2-7-3-9(22-10(4-7)12(14,15)16)8-5-20-11(21-6-8)13(17,18)19/h3-6H,2H2,1H3. The predicted octanol–water partition coefficient (Wildman–Crippen LogP) is 4.14. The minimum atomic E-state index is -4.71. The van der Waals surface area contributed by atoms with Crippen LogP contribution in [-0.2, 0) is 18.8 Å². The van der Waals surface area contributed by atoms with Crippen molar-refractivity contribution < 1.29 is 26.3 Å². The molecule has 0 fully saturated rings. The second-order valence-electron chi connectivity index (χ2n) is 4.39. The molecule has 0 aromatic carbocycles. The first-order chi connectivity index (χ1) is 10.1. The van der Waals surface area contributed by atoms with Crippen LogP contribution in [0.3, 0.4) is 0 Å². The van der Waals surface area contributed by atoms with Gasteiger partial charge in [-0.1, -0.05) is 6.92 Å². The van der Waals surface area contributed by atoms with Gasteiger partial charge in [-0.25, -0.2) is 15.0 Å². The van der Waals surface area contributed by atoms with Gasteiger partial charge in [0.25, 0.3) is 0 Å². The van der Waals surface area contributed by atoms with Crippen molar-refractivity contribution in [2.45, 2.75) is 25.7 Å². The molecule has 2 rings (SSSR count). The Hall–Kier alpha value is -2.19. The maximum absolute atomic E-state index is 12.8. The highest BCUT2D eigenvalue weighted by molar-refractivity contribution is 5.58. The van der Waals surface area contributed by atoms with Crippen molar-refractivity contribution in [2.24, 2.45) is 0 Å². The molecule has 0 amide bonds. The van der Waals surface area contributed by atoms with E-state index in [0.717, 1.165) is 18.5 Å². The second-order valence-corrected chi connectivity index (χ2v) is 4.39. The third-order valence-electron chi connectivity index (χ3n) is 2.78. The quantitative estimate of drug-likeness (QED) is 0.780. The van der Waals surface area contributed by atoms with Crippen LogP contribution in [0.2, 0.25) is 0 Å². The number of alkyl halides is 6. The first-order valence-electron chi connectivity index (χ1n) is 6.09. The molecule has 22 heavy (non-hydrogen) atoms. The molecule has 0 saturated heterocycles. The van der Waals surface area contributed by atoms with Crippen LogP contribution in [0.1, 0.15) is 24.0 Å². The number of hydrogen-bond acceptors (Lipinski definition) is 3. The van der Waals surface area contributed by atoms with Crippen molar-refractivity contribution in [3.63, 3.8) is 0 Å². The number of pyridine rings is 1. The van der Waals surface area contributed by atoms with Gasteiger partial charge < -0.3 is 0 Å². The monoisotopic (exact) mass is 321 g/mol. The number of hydrogen-bond donors (Lipinski definition) is 0. The SMILES string of the molecule is CCc1cc(-c2cnc(C(F)(F)F)nc2)nc(C(F)(F)F)c1. The summed E-state index contributed by atoms with van der Waals surface area (Å²) >= 11 is 0. The Bertz CT molecular complexity index is 661. The highest BCUT2D eigenvalue weighted by Gasteiger charge is 2.35. The molecule has 0 bridgehead atoms. The van der Waals surface area contributed by atoms with Crippen molar-refractivity contribution in [3.05, 3.63) is 41.6 Å². The fourth-order valence-electron chi connectivity index (χ4n) is 1.69. The zero-order valence-corrected chi connectivity index (χ0v) is 11.1. The van der Waals surface area contributed by atoms with Gasteiger partial charge in [0.1, 0.15) is 5.69 Å². The zero-order chi connectivity index (χ0) is 16.5. The van der Waals surface area contributed by atoms with E-state index in [0.29, 0.717) is 12.0 Å². The van der Waals surface area contributed by atoms with Gasteiger partial charge in [0.2, 0.25) is 5.82 Å². The molecule has 2 aromatic heterocycles. The fraction of sp³-hybridized carbons (Fsp3) is 0.308. The molecule has 2 heterocycles. The minimum absolute atomic E-state index is 0.0196. The molecule has 3 nitrogen and oxygen atoms in total. The zero-order valence-electron chi connectivity index (χ0n) is 11.1. The third-order valence-corrected chi connectivity index (χ3v) is 2.78. The van der Waals surface area contributed by atoms with Crippen LogP contribution in [0.25, 0.3) is 11.3 Å². The van der Waals surface area contributed by atoms with Crippen LogP contribution in [0.5, 0.6) is 0 Å². The second kappa shape index (κ2) is 5.54. The maximum Gasteiger partial charge on any atom is 0.451 e. The first-order valence-corrected chi connectivity index (χ1v) is 6.09. The van der Waals surface area contributed by atoms with Gasteiger partial charge >= 0.3 is 12.4 Å². The number of rotatable bonds is 2. The Morgan fingerprint density at radius 1 is 0.909 bits per heavy atom. The van der Waals surface area contributed by atoms with Gasteiger partial charge in [-0.05, 0) is 24.1 Å². The summed E-state index contributed by atoms with van der Waals surface area (Å²) < 4.78 is 75.4. The van der Waals surface area contributed by atoms with Gasteiger partial charge in [-0.3, -0.25) is 0 Å². The van der Waals surface area contributed by atoms with Crippen LogP contribution in [0, 0.1) is 0 Å². The highest BCUT2D eigenvalue weighted by atomic mass is 19.4. The van der Waals surface area contributed by atoms with Crippen molar-refractivity contribution in [2.75, 3.05) is 0 Å². The van der Waals surface area contributed by atoms with Gasteiger partial charge in [0, 0.05) is 18.0 Å². The topological polar surface area (TPSA) is 38.7 Å². The molecule has 2 aromatic rings. The molecule has 0 aliphatic carbocycles. The molecule has 118 valence electrons. The van der Waals surface area contributed by atoms with E-state index in [4.69, 9.17) is 0 Å². The average molecular weight is 321 g/mol. The van der Waals surface area contributed by atoms with Gasteiger partial charge in [0.15, 0.2) is 0 Å². The number of aryl methyl sites for hydroxylation is 1. The molecule has 0 aliphatic heterocycles. The van der Waals surface area contributed by atoms with E-state index in [2.05, 4.69) is 15.0 Å². The summed E-state index contributed by atoms with van der Waals surface area (Å²) in [4.78, 5) is 9.66. The van der Waals surface area contributed by atoms with E-state index in [1.165, 1.54) is 6.07 Å². The van der Waals surface area contributed by atoms with Crippen molar-refractivity contribution in [3.8, 4) is 11.3 Å². The molecule has 0 radical (unpaired) electrons. The minimum Gasteiger partial charge on any atom is -0.243 e. The number of nitrogens with zero attached hydrogens (tertiary/aromatic N) is 3. The summed E-state index contributed by atoms with van der Waals surface area (Å²) in [5, 5.41) is 0. The smallest absolute Gasteiger partial charge is 0.243 e. The van der Waals surface area contributed by atoms with Crippen molar-refractivity contribution in [1.29, 1.82) is 0 Å². The van der Waals surface area contributed by atoms with E-state index in [1.54, 1.807) is 6.92 Å². The van der Waals surface area contributed by atoms with Crippen LogP contribution >= 0.6 is 0 Å². The van der Waals surface area contributed by atoms with Crippen LogP contribution in [-0.4, -0.2) is 15.0 Å². The Kier molecular flexibility index (Phi) is 4.08. The third kappa shape index (κ3) is 3.52. The van der Waals surface area contributed by atoms with E-state index < -0.39 is 23.9 Å². The molecule has 0 spiro atoms. The summed E-state index contributed by atoms with van der Waals surface area (Å²) in [5.74, 6) is -1.36. The van der Waals surface area contributed by atoms with Gasteiger partial charge in [0.05, 0.1) is 5.69 Å². The lowest BCUT2D eigenvalue weighted by Gasteiger charge is -2.11. The molecule has 0 unspecified atom stereocenters.